The van der Waals surface area contributed by atoms with E-state index in [1.807, 2.05) is 18.2 Å². The number of H-pyrrole nitrogens is 1. The molecule has 0 aliphatic heterocycles. The standard InChI is InChI=1S/C15H19ClN4O.ClH/c1-2-7-17-8-9-18-15(21)14-10-13(19-20-14)11-5-3-4-6-12(11)16;/h3-6,10,17H,2,7-9H2,1H3,(H,18,21)(H,19,20);1H. The molecule has 7 heteroatoms. The highest BCUT2D eigenvalue weighted by atomic mass is 35.5. The van der Waals surface area contributed by atoms with Crippen molar-refractivity contribution in [3.63, 3.8) is 0 Å². The first-order valence-electron chi connectivity index (χ1n) is 7.01. The van der Waals surface area contributed by atoms with Crippen LogP contribution < -0.4 is 10.6 Å². The van der Waals surface area contributed by atoms with Gasteiger partial charge in [0.05, 0.1) is 10.7 Å². The lowest BCUT2D eigenvalue weighted by Gasteiger charge is -2.04. The van der Waals surface area contributed by atoms with Crippen LogP contribution in [0.3, 0.4) is 0 Å². The maximum Gasteiger partial charge on any atom is 0.269 e. The van der Waals surface area contributed by atoms with E-state index in [-0.39, 0.29) is 18.3 Å². The fraction of sp³-hybridized carbons (Fsp3) is 0.333. The maximum atomic E-state index is 12.0. The molecule has 0 spiro atoms. The molecule has 5 nitrogen and oxygen atoms in total. The average Bonchev–Trinajstić information content (AvgIpc) is 2.97. The fourth-order valence-electron chi connectivity index (χ4n) is 1.91. The van der Waals surface area contributed by atoms with Crippen LogP contribution in [0.4, 0.5) is 0 Å². The van der Waals surface area contributed by atoms with Crippen molar-refractivity contribution in [2.45, 2.75) is 13.3 Å². The van der Waals surface area contributed by atoms with Gasteiger partial charge in [-0.25, -0.2) is 0 Å². The zero-order valence-electron chi connectivity index (χ0n) is 12.4. The number of hydrogen-bond donors (Lipinski definition) is 3. The number of amides is 1. The Labute approximate surface area is 141 Å². The Kier molecular flexibility index (Phi) is 7.95. The van der Waals surface area contributed by atoms with Gasteiger partial charge < -0.3 is 10.6 Å². The van der Waals surface area contributed by atoms with Crippen molar-refractivity contribution in [3.8, 4) is 11.3 Å². The van der Waals surface area contributed by atoms with Crippen molar-refractivity contribution in [2.75, 3.05) is 19.6 Å². The van der Waals surface area contributed by atoms with Gasteiger partial charge in [0.2, 0.25) is 0 Å². The van der Waals surface area contributed by atoms with E-state index in [1.54, 1.807) is 12.1 Å². The second-order valence-electron chi connectivity index (χ2n) is 4.65. The Morgan fingerprint density at radius 2 is 2.05 bits per heavy atom. The predicted octanol–water partition coefficient (Wildman–Crippen LogP) is 2.88. The second kappa shape index (κ2) is 9.46. The first kappa shape index (κ1) is 18.5. The number of halogens is 2. The van der Waals surface area contributed by atoms with E-state index in [2.05, 4.69) is 27.8 Å². The number of rotatable bonds is 7. The molecule has 1 aromatic heterocycles. The molecule has 0 aliphatic carbocycles. The molecular formula is C15H20Cl2N4O. The summed E-state index contributed by atoms with van der Waals surface area (Å²) in [5.41, 5.74) is 1.90. The van der Waals surface area contributed by atoms with Crippen LogP contribution in [-0.2, 0) is 0 Å². The van der Waals surface area contributed by atoms with Crippen molar-refractivity contribution in [3.05, 3.63) is 41.0 Å². The van der Waals surface area contributed by atoms with Crippen LogP contribution in [0.5, 0.6) is 0 Å². The van der Waals surface area contributed by atoms with E-state index in [0.717, 1.165) is 25.1 Å². The third-order valence-corrected chi connectivity index (χ3v) is 3.32. The Hall–Kier alpha value is -1.56. The zero-order valence-corrected chi connectivity index (χ0v) is 13.9. The number of nitrogens with one attached hydrogen (secondary N) is 3. The van der Waals surface area contributed by atoms with Crippen molar-refractivity contribution in [1.29, 1.82) is 0 Å². The van der Waals surface area contributed by atoms with E-state index in [4.69, 9.17) is 11.6 Å². The van der Waals surface area contributed by atoms with E-state index in [0.29, 0.717) is 23.0 Å². The number of benzene rings is 1. The highest BCUT2D eigenvalue weighted by Gasteiger charge is 2.12. The minimum atomic E-state index is -0.167. The lowest BCUT2D eigenvalue weighted by atomic mass is 10.1. The number of carbonyl (C=O) groups is 1. The van der Waals surface area contributed by atoms with Gasteiger partial charge in [0.15, 0.2) is 0 Å². The molecule has 0 atom stereocenters. The summed E-state index contributed by atoms with van der Waals surface area (Å²) in [4.78, 5) is 12.0. The van der Waals surface area contributed by atoms with E-state index < -0.39 is 0 Å². The second-order valence-corrected chi connectivity index (χ2v) is 5.06. The van der Waals surface area contributed by atoms with Crippen LogP contribution >= 0.6 is 24.0 Å². The molecule has 0 saturated carbocycles. The van der Waals surface area contributed by atoms with Crippen LogP contribution in [0.25, 0.3) is 11.3 Å². The number of aromatic amines is 1. The quantitative estimate of drug-likeness (QED) is 0.677. The Balaban J connectivity index is 0.00000242. The van der Waals surface area contributed by atoms with Gasteiger partial charge in [0.1, 0.15) is 5.69 Å². The molecule has 2 aromatic rings. The predicted molar refractivity (Wildman–Crippen MR) is 91.8 cm³/mol. The van der Waals surface area contributed by atoms with E-state index in [1.165, 1.54) is 0 Å². The number of carbonyl (C=O) groups excluding carboxylic acids is 1. The zero-order chi connectivity index (χ0) is 15.1. The first-order valence-corrected chi connectivity index (χ1v) is 7.39. The third kappa shape index (κ3) is 5.02. The normalized spacial score (nSPS) is 10.1. The highest BCUT2D eigenvalue weighted by molar-refractivity contribution is 6.33. The molecule has 2 rings (SSSR count). The molecule has 120 valence electrons. The van der Waals surface area contributed by atoms with Crippen molar-refractivity contribution in [1.82, 2.24) is 20.8 Å². The third-order valence-electron chi connectivity index (χ3n) is 2.99. The van der Waals surface area contributed by atoms with Gasteiger partial charge >= 0.3 is 0 Å². The van der Waals surface area contributed by atoms with Gasteiger partial charge in [-0.1, -0.05) is 36.7 Å². The Morgan fingerprint density at radius 3 is 2.77 bits per heavy atom. The molecule has 0 fully saturated rings. The summed E-state index contributed by atoms with van der Waals surface area (Å²) in [5.74, 6) is -0.167. The topological polar surface area (TPSA) is 69.8 Å². The van der Waals surface area contributed by atoms with E-state index in [9.17, 15) is 4.79 Å². The average molecular weight is 343 g/mol. The SMILES string of the molecule is CCCNCCNC(=O)c1cc(-c2ccccc2Cl)n[nH]1.Cl. The van der Waals surface area contributed by atoms with Gasteiger partial charge in [-0.15, -0.1) is 12.4 Å². The van der Waals surface area contributed by atoms with Gasteiger partial charge in [-0.05, 0) is 25.1 Å². The number of hydrogen-bond acceptors (Lipinski definition) is 3. The minimum Gasteiger partial charge on any atom is -0.349 e. The summed E-state index contributed by atoms with van der Waals surface area (Å²) in [6, 6.07) is 9.11. The number of aromatic nitrogens is 2. The Bertz CT molecular complexity index is 601. The van der Waals surface area contributed by atoms with Crippen LogP contribution in [0.2, 0.25) is 5.02 Å². The molecule has 0 radical (unpaired) electrons. The van der Waals surface area contributed by atoms with Gasteiger partial charge in [-0.3, -0.25) is 9.89 Å². The smallest absolute Gasteiger partial charge is 0.269 e. The molecule has 1 aromatic carbocycles. The summed E-state index contributed by atoms with van der Waals surface area (Å²) in [5, 5.41) is 13.5. The van der Waals surface area contributed by atoms with Gasteiger partial charge in [0, 0.05) is 18.7 Å². The summed E-state index contributed by atoms with van der Waals surface area (Å²) in [6.07, 6.45) is 1.08. The molecule has 0 bridgehead atoms. The molecule has 22 heavy (non-hydrogen) atoms. The lowest BCUT2D eigenvalue weighted by Crippen LogP contribution is -2.32. The fourth-order valence-corrected chi connectivity index (χ4v) is 2.14. The molecule has 3 N–H and O–H groups in total. The summed E-state index contributed by atoms with van der Waals surface area (Å²) in [6.45, 7) is 4.40. The van der Waals surface area contributed by atoms with Crippen molar-refractivity contribution in [2.24, 2.45) is 0 Å². The molecule has 1 amide bonds. The summed E-state index contributed by atoms with van der Waals surface area (Å²) >= 11 is 6.12. The highest BCUT2D eigenvalue weighted by Crippen LogP contribution is 2.26. The van der Waals surface area contributed by atoms with Crippen LogP contribution in [-0.4, -0.2) is 35.7 Å². The van der Waals surface area contributed by atoms with Crippen LogP contribution in [0, 0.1) is 0 Å². The van der Waals surface area contributed by atoms with Crippen LogP contribution in [0.15, 0.2) is 30.3 Å². The Morgan fingerprint density at radius 1 is 1.27 bits per heavy atom. The minimum absolute atomic E-state index is 0. The summed E-state index contributed by atoms with van der Waals surface area (Å²) in [7, 11) is 0. The molecule has 1 heterocycles. The lowest BCUT2D eigenvalue weighted by molar-refractivity contribution is 0.0949. The van der Waals surface area contributed by atoms with Crippen LogP contribution in [0.1, 0.15) is 23.8 Å². The molecular weight excluding hydrogens is 323 g/mol. The largest absolute Gasteiger partial charge is 0.349 e. The first-order chi connectivity index (χ1) is 10.2. The van der Waals surface area contributed by atoms with Crippen molar-refractivity contribution >= 4 is 29.9 Å². The monoisotopic (exact) mass is 342 g/mol. The van der Waals surface area contributed by atoms with Gasteiger partial charge in [-0.2, -0.15) is 5.10 Å². The molecule has 0 unspecified atom stereocenters. The summed E-state index contributed by atoms with van der Waals surface area (Å²) < 4.78 is 0. The molecule has 0 saturated heterocycles. The van der Waals surface area contributed by atoms with Crippen molar-refractivity contribution < 1.29 is 4.79 Å². The number of nitrogens with zero attached hydrogens (tertiary/aromatic N) is 1. The van der Waals surface area contributed by atoms with Gasteiger partial charge in [0.25, 0.3) is 5.91 Å². The molecule has 0 aliphatic rings. The maximum absolute atomic E-state index is 12.0. The van der Waals surface area contributed by atoms with E-state index >= 15 is 0 Å².